The van der Waals surface area contributed by atoms with Crippen LogP contribution in [-0.4, -0.2) is 31.1 Å². The molecule has 5 nitrogen and oxygen atoms in total. The fraction of sp³-hybridized carbons (Fsp3) is 0.625. The molecule has 1 aliphatic carbocycles. The van der Waals surface area contributed by atoms with Crippen molar-refractivity contribution in [2.24, 2.45) is 0 Å². The van der Waals surface area contributed by atoms with E-state index in [0.717, 1.165) is 6.54 Å². The summed E-state index contributed by atoms with van der Waals surface area (Å²) in [4.78, 5) is 21.7. The van der Waals surface area contributed by atoms with Crippen molar-refractivity contribution in [1.29, 1.82) is 0 Å². The minimum atomic E-state index is -0.394. The largest absolute Gasteiger partial charge is 0.461 e. The molecule has 1 rings (SSSR count). The fourth-order valence-corrected chi connectivity index (χ4v) is 2.27. The molecule has 0 heterocycles. The van der Waals surface area contributed by atoms with Crippen LogP contribution in [0.4, 0.5) is 0 Å². The van der Waals surface area contributed by atoms with Gasteiger partial charge in [-0.15, -0.1) is 0 Å². The summed E-state index contributed by atoms with van der Waals surface area (Å²) in [5, 5.41) is 3.46. The van der Waals surface area contributed by atoms with Gasteiger partial charge in [-0.1, -0.05) is 25.3 Å². The Morgan fingerprint density at radius 2 is 1.86 bits per heavy atom. The van der Waals surface area contributed by atoms with E-state index >= 15 is 0 Å². The average Bonchev–Trinajstić information content (AvgIpc) is 2.43. The zero-order chi connectivity index (χ0) is 15.5. The van der Waals surface area contributed by atoms with Crippen LogP contribution in [0.25, 0.3) is 0 Å². The molecular formula is C16H25NO4. The summed E-state index contributed by atoms with van der Waals surface area (Å²) >= 11 is 0. The Morgan fingerprint density at radius 1 is 1.14 bits per heavy atom. The first-order valence-electron chi connectivity index (χ1n) is 7.50. The fourth-order valence-electron chi connectivity index (χ4n) is 2.27. The van der Waals surface area contributed by atoms with Crippen molar-refractivity contribution in [3.63, 3.8) is 0 Å². The van der Waals surface area contributed by atoms with Crippen LogP contribution >= 0.6 is 0 Å². The Morgan fingerprint density at radius 3 is 2.48 bits per heavy atom. The molecule has 0 amide bonds. The molecule has 0 aromatic rings. The standard InChI is InChI=1S/C16H25NO4/c1-13(18)20-12-10-16(21-14(2)19)9-6-11-17-15-7-4-3-5-8-15/h6,9-10,15,17H,3-5,7-8,11-12H2,1-2H3/b9-6-,16-10+. The summed E-state index contributed by atoms with van der Waals surface area (Å²) in [6.45, 7) is 3.51. The van der Waals surface area contributed by atoms with E-state index in [4.69, 9.17) is 9.47 Å². The maximum Gasteiger partial charge on any atom is 0.308 e. The molecule has 5 heteroatoms. The summed E-state index contributed by atoms with van der Waals surface area (Å²) in [7, 11) is 0. The number of hydrogen-bond acceptors (Lipinski definition) is 5. The molecule has 0 spiro atoms. The number of carbonyl (C=O) groups excluding carboxylic acids is 2. The van der Waals surface area contributed by atoms with E-state index in [1.807, 2.05) is 6.08 Å². The van der Waals surface area contributed by atoms with Gasteiger partial charge in [-0.05, 0) is 25.0 Å². The van der Waals surface area contributed by atoms with Gasteiger partial charge in [0.05, 0.1) is 0 Å². The smallest absolute Gasteiger partial charge is 0.308 e. The predicted molar refractivity (Wildman–Crippen MR) is 80.5 cm³/mol. The average molecular weight is 295 g/mol. The molecule has 118 valence electrons. The van der Waals surface area contributed by atoms with Crippen LogP contribution in [0.3, 0.4) is 0 Å². The van der Waals surface area contributed by atoms with E-state index < -0.39 is 5.97 Å². The number of esters is 2. The summed E-state index contributed by atoms with van der Waals surface area (Å²) in [5.41, 5.74) is 0. The number of hydrogen-bond donors (Lipinski definition) is 1. The van der Waals surface area contributed by atoms with Gasteiger partial charge in [0.15, 0.2) is 0 Å². The van der Waals surface area contributed by atoms with E-state index in [1.54, 1.807) is 12.2 Å². The van der Waals surface area contributed by atoms with Crippen LogP contribution in [0.5, 0.6) is 0 Å². The lowest BCUT2D eigenvalue weighted by Gasteiger charge is -2.22. The molecule has 1 N–H and O–H groups in total. The molecular weight excluding hydrogens is 270 g/mol. The van der Waals surface area contributed by atoms with Crippen LogP contribution in [0.1, 0.15) is 46.0 Å². The van der Waals surface area contributed by atoms with Crippen LogP contribution in [-0.2, 0) is 19.1 Å². The molecule has 0 unspecified atom stereocenters. The molecule has 0 aromatic carbocycles. The number of allylic oxidation sites excluding steroid dienone is 1. The first-order chi connectivity index (χ1) is 10.1. The molecule has 0 radical (unpaired) electrons. The number of nitrogens with one attached hydrogen (secondary N) is 1. The number of ether oxygens (including phenoxy) is 2. The van der Waals surface area contributed by atoms with E-state index in [2.05, 4.69) is 5.32 Å². The maximum absolute atomic E-state index is 11.0. The Labute approximate surface area is 126 Å². The van der Waals surface area contributed by atoms with Gasteiger partial charge in [0.1, 0.15) is 12.4 Å². The topological polar surface area (TPSA) is 64.6 Å². The van der Waals surface area contributed by atoms with Gasteiger partial charge in [0.25, 0.3) is 0 Å². The lowest BCUT2D eigenvalue weighted by atomic mass is 9.95. The van der Waals surface area contributed by atoms with Crippen LogP contribution in [0.15, 0.2) is 24.0 Å². The monoisotopic (exact) mass is 295 g/mol. The van der Waals surface area contributed by atoms with Gasteiger partial charge in [-0.2, -0.15) is 0 Å². The highest BCUT2D eigenvalue weighted by molar-refractivity contribution is 5.68. The highest BCUT2D eigenvalue weighted by atomic mass is 16.5. The van der Waals surface area contributed by atoms with E-state index in [9.17, 15) is 9.59 Å². The van der Waals surface area contributed by atoms with Crippen LogP contribution in [0, 0.1) is 0 Å². The Balaban J connectivity index is 2.37. The zero-order valence-corrected chi connectivity index (χ0v) is 12.9. The van der Waals surface area contributed by atoms with Crippen LogP contribution in [0.2, 0.25) is 0 Å². The zero-order valence-electron chi connectivity index (χ0n) is 12.9. The van der Waals surface area contributed by atoms with Gasteiger partial charge >= 0.3 is 11.9 Å². The summed E-state index contributed by atoms with van der Waals surface area (Å²) in [6, 6.07) is 0.589. The highest BCUT2D eigenvalue weighted by Gasteiger charge is 2.11. The summed E-state index contributed by atoms with van der Waals surface area (Å²) in [6.07, 6.45) is 11.6. The molecule has 0 atom stereocenters. The molecule has 0 saturated heterocycles. The molecule has 21 heavy (non-hydrogen) atoms. The van der Waals surface area contributed by atoms with Crippen LogP contribution < -0.4 is 5.32 Å². The minimum absolute atomic E-state index is 0.0956. The second-order valence-electron chi connectivity index (χ2n) is 5.15. The lowest BCUT2D eigenvalue weighted by molar-refractivity contribution is -0.139. The second kappa shape index (κ2) is 10.2. The summed E-state index contributed by atoms with van der Waals surface area (Å²) < 4.78 is 9.84. The molecule has 0 aromatic heterocycles. The Hall–Kier alpha value is -1.62. The number of carbonyl (C=O) groups is 2. The second-order valence-corrected chi connectivity index (χ2v) is 5.15. The third-order valence-electron chi connectivity index (χ3n) is 3.24. The van der Waals surface area contributed by atoms with E-state index in [1.165, 1.54) is 46.0 Å². The van der Waals surface area contributed by atoms with E-state index in [0.29, 0.717) is 11.8 Å². The number of rotatable bonds is 7. The van der Waals surface area contributed by atoms with Crippen molar-refractivity contribution < 1.29 is 19.1 Å². The van der Waals surface area contributed by atoms with Crippen molar-refractivity contribution in [2.45, 2.75) is 52.0 Å². The van der Waals surface area contributed by atoms with Gasteiger partial charge in [0, 0.05) is 26.4 Å². The van der Waals surface area contributed by atoms with Gasteiger partial charge in [-0.25, -0.2) is 0 Å². The van der Waals surface area contributed by atoms with Crippen molar-refractivity contribution >= 4 is 11.9 Å². The van der Waals surface area contributed by atoms with Gasteiger partial charge in [0.2, 0.25) is 0 Å². The predicted octanol–water partition coefficient (Wildman–Crippen LogP) is 2.48. The quantitative estimate of drug-likeness (QED) is 0.444. The molecule has 1 aliphatic rings. The Bertz CT molecular complexity index is 395. The third-order valence-corrected chi connectivity index (χ3v) is 3.24. The molecule has 0 bridgehead atoms. The normalized spacial score (nSPS) is 17.0. The summed E-state index contributed by atoms with van der Waals surface area (Å²) in [5.74, 6) is -0.362. The lowest BCUT2D eigenvalue weighted by Crippen LogP contribution is -2.30. The molecule has 0 aliphatic heterocycles. The Kier molecular flexibility index (Phi) is 8.43. The van der Waals surface area contributed by atoms with E-state index in [-0.39, 0.29) is 12.6 Å². The van der Waals surface area contributed by atoms with Gasteiger partial charge in [-0.3, -0.25) is 9.59 Å². The van der Waals surface area contributed by atoms with Gasteiger partial charge < -0.3 is 14.8 Å². The van der Waals surface area contributed by atoms with Crippen molar-refractivity contribution in [1.82, 2.24) is 5.32 Å². The van der Waals surface area contributed by atoms with Crippen molar-refractivity contribution in [2.75, 3.05) is 13.2 Å². The SMILES string of the molecule is CC(=O)OC/C=C(\C=C/CNC1CCCCC1)OC(C)=O. The van der Waals surface area contributed by atoms with Crippen molar-refractivity contribution in [3.8, 4) is 0 Å². The third kappa shape index (κ3) is 9.02. The maximum atomic E-state index is 11.0. The minimum Gasteiger partial charge on any atom is -0.461 e. The first kappa shape index (κ1) is 17.4. The molecule has 1 saturated carbocycles. The van der Waals surface area contributed by atoms with Crippen molar-refractivity contribution in [3.05, 3.63) is 24.0 Å². The molecule has 1 fully saturated rings. The first-order valence-corrected chi connectivity index (χ1v) is 7.50. The highest BCUT2D eigenvalue weighted by Crippen LogP contribution is 2.17.